The first-order valence-corrected chi connectivity index (χ1v) is 7.09. The molecule has 19 heavy (non-hydrogen) atoms. The summed E-state index contributed by atoms with van der Waals surface area (Å²) >= 11 is 1.72. The van der Waals surface area contributed by atoms with Gasteiger partial charge in [0.2, 0.25) is 0 Å². The van der Waals surface area contributed by atoms with Crippen LogP contribution in [0.2, 0.25) is 0 Å². The second-order valence-electron chi connectivity index (χ2n) is 4.44. The van der Waals surface area contributed by atoms with Gasteiger partial charge in [0.25, 0.3) is 0 Å². The number of nitrogens with zero attached hydrogens (tertiary/aromatic N) is 2. The molecule has 0 atom stereocenters. The molecule has 1 aromatic carbocycles. The lowest BCUT2D eigenvalue weighted by Crippen LogP contribution is -2.13. The summed E-state index contributed by atoms with van der Waals surface area (Å²) in [5.74, 6) is 7.69. The fourth-order valence-electron chi connectivity index (χ4n) is 1.67. The number of anilines is 1. The zero-order chi connectivity index (χ0) is 13.8. The van der Waals surface area contributed by atoms with Gasteiger partial charge in [-0.3, -0.25) is 0 Å². The van der Waals surface area contributed by atoms with Crippen LogP contribution >= 0.6 is 11.8 Å². The Morgan fingerprint density at radius 1 is 1.11 bits per heavy atom. The standard InChI is InChI=1S/C14H18N4S/c1-9-4-6-12(7-5-9)19-8-13-16-11(3)10(2)14(17-13)18-15/h4-7H,8,15H2,1-3H3,(H,16,17,18). The summed E-state index contributed by atoms with van der Waals surface area (Å²) in [4.78, 5) is 10.1. The third kappa shape index (κ3) is 3.45. The van der Waals surface area contributed by atoms with Crippen molar-refractivity contribution in [3.8, 4) is 0 Å². The van der Waals surface area contributed by atoms with Crippen LogP contribution in [-0.2, 0) is 5.75 Å². The number of nitrogens with two attached hydrogens (primary N) is 1. The Morgan fingerprint density at radius 3 is 2.42 bits per heavy atom. The van der Waals surface area contributed by atoms with Crippen LogP contribution in [0.5, 0.6) is 0 Å². The molecule has 1 aromatic heterocycles. The van der Waals surface area contributed by atoms with Crippen molar-refractivity contribution in [2.45, 2.75) is 31.4 Å². The average Bonchev–Trinajstić information content (AvgIpc) is 2.41. The fraction of sp³-hybridized carbons (Fsp3) is 0.286. The Hall–Kier alpha value is -1.59. The molecule has 0 spiro atoms. The number of hydrazine groups is 1. The van der Waals surface area contributed by atoms with E-state index in [4.69, 9.17) is 5.84 Å². The minimum absolute atomic E-state index is 0.701. The first-order valence-electron chi connectivity index (χ1n) is 6.10. The Balaban J connectivity index is 2.11. The molecular formula is C14H18N4S. The van der Waals surface area contributed by atoms with Gasteiger partial charge in [0, 0.05) is 16.2 Å². The molecular weight excluding hydrogens is 256 g/mol. The van der Waals surface area contributed by atoms with E-state index in [1.165, 1.54) is 10.5 Å². The Bertz CT molecular complexity index is 566. The van der Waals surface area contributed by atoms with E-state index in [9.17, 15) is 0 Å². The predicted octanol–water partition coefficient (Wildman–Crippen LogP) is 2.98. The van der Waals surface area contributed by atoms with Crippen LogP contribution in [0.3, 0.4) is 0 Å². The number of hydrogen-bond donors (Lipinski definition) is 2. The van der Waals surface area contributed by atoms with Gasteiger partial charge in [-0.15, -0.1) is 11.8 Å². The number of nitrogens with one attached hydrogen (secondary N) is 1. The number of aryl methyl sites for hydroxylation is 2. The maximum absolute atomic E-state index is 5.47. The highest BCUT2D eigenvalue weighted by atomic mass is 32.2. The number of benzene rings is 1. The molecule has 0 aliphatic heterocycles. The molecule has 0 saturated carbocycles. The Morgan fingerprint density at radius 2 is 1.79 bits per heavy atom. The van der Waals surface area contributed by atoms with Crippen molar-refractivity contribution in [1.82, 2.24) is 9.97 Å². The molecule has 4 nitrogen and oxygen atoms in total. The van der Waals surface area contributed by atoms with Gasteiger partial charge in [-0.2, -0.15) is 0 Å². The zero-order valence-corrected chi connectivity index (χ0v) is 12.2. The van der Waals surface area contributed by atoms with Crippen LogP contribution in [0.25, 0.3) is 0 Å². The van der Waals surface area contributed by atoms with E-state index >= 15 is 0 Å². The smallest absolute Gasteiger partial charge is 0.146 e. The van der Waals surface area contributed by atoms with Crippen LogP contribution in [0.1, 0.15) is 22.6 Å². The first-order chi connectivity index (χ1) is 9.10. The maximum atomic E-state index is 5.47. The summed E-state index contributed by atoms with van der Waals surface area (Å²) in [5.41, 5.74) is 5.84. The summed E-state index contributed by atoms with van der Waals surface area (Å²) in [6.45, 7) is 6.01. The van der Waals surface area contributed by atoms with Gasteiger partial charge in [-0.25, -0.2) is 15.8 Å². The van der Waals surface area contributed by atoms with Crippen LogP contribution in [0.15, 0.2) is 29.2 Å². The number of hydrogen-bond acceptors (Lipinski definition) is 5. The maximum Gasteiger partial charge on any atom is 0.146 e. The molecule has 0 radical (unpaired) electrons. The average molecular weight is 274 g/mol. The van der Waals surface area contributed by atoms with Crippen molar-refractivity contribution in [2.75, 3.05) is 5.43 Å². The predicted molar refractivity (Wildman–Crippen MR) is 80.1 cm³/mol. The highest BCUT2D eigenvalue weighted by Gasteiger charge is 2.07. The number of aromatic nitrogens is 2. The van der Waals surface area contributed by atoms with Gasteiger partial charge in [-0.1, -0.05) is 17.7 Å². The fourth-order valence-corrected chi connectivity index (χ4v) is 2.43. The van der Waals surface area contributed by atoms with Crippen molar-refractivity contribution in [1.29, 1.82) is 0 Å². The quantitative estimate of drug-likeness (QED) is 0.510. The number of nitrogen functional groups attached to an aromatic ring is 1. The van der Waals surface area contributed by atoms with Gasteiger partial charge in [0.1, 0.15) is 11.6 Å². The SMILES string of the molecule is Cc1ccc(SCc2nc(C)c(C)c(NN)n2)cc1. The largest absolute Gasteiger partial charge is 0.308 e. The van der Waals surface area contributed by atoms with E-state index in [1.54, 1.807) is 11.8 Å². The lowest BCUT2D eigenvalue weighted by molar-refractivity contribution is 0.968. The second-order valence-corrected chi connectivity index (χ2v) is 5.49. The summed E-state index contributed by atoms with van der Waals surface area (Å²) < 4.78 is 0. The van der Waals surface area contributed by atoms with Crippen LogP contribution in [-0.4, -0.2) is 9.97 Å². The first kappa shape index (κ1) is 13.8. The third-order valence-corrected chi connectivity index (χ3v) is 3.97. The Labute approximate surface area is 117 Å². The van der Waals surface area contributed by atoms with E-state index in [0.29, 0.717) is 5.82 Å². The summed E-state index contributed by atoms with van der Waals surface area (Å²) in [6, 6.07) is 8.44. The van der Waals surface area contributed by atoms with Gasteiger partial charge in [0.15, 0.2) is 0 Å². The van der Waals surface area contributed by atoms with Crippen molar-refractivity contribution < 1.29 is 0 Å². The highest BCUT2D eigenvalue weighted by Crippen LogP contribution is 2.23. The minimum Gasteiger partial charge on any atom is -0.308 e. The van der Waals surface area contributed by atoms with Crippen LogP contribution < -0.4 is 11.3 Å². The van der Waals surface area contributed by atoms with Gasteiger partial charge in [-0.05, 0) is 32.9 Å². The van der Waals surface area contributed by atoms with Crippen molar-refractivity contribution >= 4 is 17.6 Å². The molecule has 100 valence electrons. The van der Waals surface area contributed by atoms with Gasteiger partial charge < -0.3 is 5.43 Å². The molecule has 2 rings (SSSR count). The van der Waals surface area contributed by atoms with E-state index < -0.39 is 0 Å². The van der Waals surface area contributed by atoms with E-state index in [0.717, 1.165) is 22.8 Å². The summed E-state index contributed by atoms with van der Waals surface area (Å²) in [6.07, 6.45) is 0. The molecule has 0 aliphatic rings. The highest BCUT2D eigenvalue weighted by molar-refractivity contribution is 7.98. The molecule has 3 N–H and O–H groups in total. The molecule has 1 heterocycles. The van der Waals surface area contributed by atoms with Gasteiger partial charge in [0.05, 0.1) is 5.75 Å². The van der Waals surface area contributed by atoms with E-state index in [2.05, 4.69) is 46.6 Å². The molecule has 0 amide bonds. The topological polar surface area (TPSA) is 63.8 Å². The van der Waals surface area contributed by atoms with Crippen molar-refractivity contribution in [2.24, 2.45) is 5.84 Å². The van der Waals surface area contributed by atoms with Crippen LogP contribution in [0, 0.1) is 20.8 Å². The van der Waals surface area contributed by atoms with Gasteiger partial charge >= 0.3 is 0 Å². The van der Waals surface area contributed by atoms with E-state index in [1.807, 2.05) is 13.8 Å². The second kappa shape index (κ2) is 6.04. The molecule has 0 bridgehead atoms. The van der Waals surface area contributed by atoms with E-state index in [-0.39, 0.29) is 0 Å². The number of rotatable bonds is 4. The molecule has 0 aliphatic carbocycles. The monoisotopic (exact) mass is 274 g/mol. The number of thioether (sulfide) groups is 1. The zero-order valence-electron chi connectivity index (χ0n) is 11.4. The third-order valence-electron chi connectivity index (χ3n) is 2.96. The van der Waals surface area contributed by atoms with Crippen molar-refractivity contribution in [3.63, 3.8) is 0 Å². The lowest BCUT2D eigenvalue weighted by Gasteiger charge is -2.09. The molecule has 0 fully saturated rings. The molecule has 2 aromatic rings. The molecule has 5 heteroatoms. The lowest BCUT2D eigenvalue weighted by atomic mass is 10.2. The minimum atomic E-state index is 0.701. The molecule has 0 unspecified atom stereocenters. The van der Waals surface area contributed by atoms with Crippen molar-refractivity contribution in [3.05, 3.63) is 46.9 Å². The summed E-state index contributed by atoms with van der Waals surface area (Å²) in [7, 11) is 0. The normalized spacial score (nSPS) is 10.5. The van der Waals surface area contributed by atoms with Crippen LogP contribution in [0.4, 0.5) is 5.82 Å². The molecule has 0 saturated heterocycles. The summed E-state index contributed by atoms with van der Waals surface area (Å²) in [5, 5.41) is 0. The Kier molecular flexibility index (Phi) is 4.39.